The highest BCUT2D eigenvalue weighted by molar-refractivity contribution is 6.36. The van der Waals surface area contributed by atoms with Crippen molar-refractivity contribution in [1.82, 2.24) is 25.9 Å². The topological polar surface area (TPSA) is 91.3 Å². The molecule has 3 heterocycles. The van der Waals surface area contributed by atoms with E-state index in [-0.39, 0.29) is 17.0 Å². The fourth-order valence-electron chi connectivity index (χ4n) is 5.64. The Labute approximate surface area is 265 Å². The molecule has 0 bridgehead atoms. The second-order valence-corrected chi connectivity index (χ2v) is 14.5. The predicted molar refractivity (Wildman–Crippen MR) is 178 cm³/mol. The van der Waals surface area contributed by atoms with Crippen LogP contribution in [-0.2, 0) is 0 Å². The number of hydrogen-bond donors (Lipinski definition) is 4. The van der Waals surface area contributed by atoms with E-state index < -0.39 is 0 Å². The quantitative estimate of drug-likeness (QED) is 0.216. The van der Waals surface area contributed by atoms with Gasteiger partial charge in [0.2, 0.25) is 0 Å². The first kappa shape index (κ1) is 31.2. The monoisotopic (exact) mass is 620 g/mol. The van der Waals surface area contributed by atoms with Gasteiger partial charge in [0.1, 0.15) is 6.07 Å². The summed E-state index contributed by atoms with van der Waals surface area (Å²) in [6, 6.07) is 14.2. The summed E-state index contributed by atoms with van der Waals surface area (Å²) in [6.07, 6.45) is 5.90. The van der Waals surface area contributed by atoms with Gasteiger partial charge in [-0.3, -0.25) is 14.9 Å². The first-order valence-corrected chi connectivity index (χ1v) is 15.6. The number of nitrogens with one attached hydrogen (secondary N) is 4. The number of hydrazine groups is 2. The standard InChI is InChI=1S/C33H42Cl2N8/c1-32(2,3)20-38-29-22(17-36)18-37-31-26(29)15-24(16-27(31)35)39-30(21-7-9-23(34)10-8-21)28-19-43(41-40-28)25-11-13-42(14-12-25)33(4,5)6/h7-10,15-16,18-19,25,30,39-41H,11-14,20H2,1-6H3,(H,37,38). The average molecular weight is 622 g/mol. The zero-order chi connectivity index (χ0) is 30.9. The van der Waals surface area contributed by atoms with Crippen molar-refractivity contribution in [1.29, 1.82) is 5.26 Å². The molecule has 0 aliphatic carbocycles. The lowest BCUT2D eigenvalue weighted by Crippen LogP contribution is -2.52. The molecule has 5 rings (SSSR count). The third kappa shape index (κ3) is 7.30. The molecule has 0 radical (unpaired) electrons. The van der Waals surface area contributed by atoms with E-state index in [2.05, 4.69) is 90.3 Å². The number of likely N-dealkylation sites (tertiary alicyclic amines) is 1. The van der Waals surface area contributed by atoms with Gasteiger partial charge in [-0.25, -0.2) is 0 Å². The van der Waals surface area contributed by atoms with Crippen LogP contribution in [0.25, 0.3) is 10.9 Å². The zero-order valence-corrected chi connectivity index (χ0v) is 27.4. The van der Waals surface area contributed by atoms with Gasteiger partial charge in [-0.2, -0.15) is 5.26 Å². The number of rotatable bonds is 7. The number of hydrogen-bond acceptors (Lipinski definition) is 8. The molecule has 1 atom stereocenters. The number of benzene rings is 2. The molecule has 0 saturated carbocycles. The fraction of sp³-hybridized carbons (Fsp3) is 0.455. The Morgan fingerprint density at radius 3 is 2.40 bits per heavy atom. The molecule has 0 spiro atoms. The first-order valence-electron chi connectivity index (χ1n) is 14.9. The lowest BCUT2D eigenvalue weighted by Gasteiger charge is -2.42. The number of anilines is 2. The summed E-state index contributed by atoms with van der Waals surface area (Å²) in [6.45, 7) is 16.1. The van der Waals surface area contributed by atoms with E-state index in [1.165, 1.54) is 0 Å². The van der Waals surface area contributed by atoms with E-state index in [1.54, 1.807) is 6.20 Å². The van der Waals surface area contributed by atoms with E-state index in [4.69, 9.17) is 23.2 Å². The summed E-state index contributed by atoms with van der Waals surface area (Å²) in [5, 5.41) is 21.3. The van der Waals surface area contributed by atoms with Gasteiger partial charge in [-0.15, -0.1) is 5.53 Å². The molecule has 10 heteroatoms. The Bertz CT molecular complexity index is 1520. The van der Waals surface area contributed by atoms with Crippen LogP contribution in [0.5, 0.6) is 0 Å². The third-order valence-electron chi connectivity index (χ3n) is 8.08. The van der Waals surface area contributed by atoms with E-state index in [1.807, 2.05) is 36.4 Å². The zero-order valence-electron chi connectivity index (χ0n) is 25.9. The van der Waals surface area contributed by atoms with Crippen molar-refractivity contribution in [3.05, 3.63) is 75.7 Å². The van der Waals surface area contributed by atoms with E-state index in [0.29, 0.717) is 33.7 Å². The van der Waals surface area contributed by atoms with Crippen molar-refractivity contribution in [2.24, 2.45) is 5.41 Å². The Hall–Kier alpha value is -3.22. The minimum Gasteiger partial charge on any atom is -0.383 e. The number of nitrogens with zero attached hydrogens (tertiary/aromatic N) is 4. The Morgan fingerprint density at radius 1 is 1.07 bits per heavy atom. The molecular formula is C33H42Cl2N8. The van der Waals surface area contributed by atoms with Crippen LogP contribution < -0.4 is 21.6 Å². The highest BCUT2D eigenvalue weighted by atomic mass is 35.5. The fourth-order valence-corrected chi connectivity index (χ4v) is 6.03. The van der Waals surface area contributed by atoms with E-state index in [0.717, 1.165) is 54.0 Å². The number of pyridine rings is 1. The summed E-state index contributed by atoms with van der Waals surface area (Å²) < 4.78 is 0. The molecule has 228 valence electrons. The van der Waals surface area contributed by atoms with Gasteiger partial charge in [0.05, 0.1) is 33.5 Å². The molecule has 2 aliphatic heterocycles. The van der Waals surface area contributed by atoms with E-state index >= 15 is 0 Å². The Morgan fingerprint density at radius 2 is 1.77 bits per heavy atom. The number of aromatic nitrogens is 1. The lowest BCUT2D eigenvalue weighted by molar-refractivity contribution is 0.0570. The van der Waals surface area contributed by atoms with Crippen molar-refractivity contribution in [3.8, 4) is 6.07 Å². The Balaban J connectivity index is 1.47. The van der Waals surface area contributed by atoms with Crippen molar-refractivity contribution in [2.45, 2.75) is 72.0 Å². The van der Waals surface area contributed by atoms with Gasteiger partial charge < -0.3 is 16.1 Å². The second-order valence-electron chi connectivity index (χ2n) is 13.7. The maximum Gasteiger partial charge on any atom is 0.103 e. The van der Waals surface area contributed by atoms with Crippen LogP contribution >= 0.6 is 23.2 Å². The minimum atomic E-state index is -0.226. The van der Waals surface area contributed by atoms with Gasteiger partial charge in [-0.05, 0) is 68.9 Å². The molecule has 2 aromatic carbocycles. The normalized spacial score (nSPS) is 17.4. The van der Waals surface area contributed by atoms with Crippen molar-refractivity contribution in [3.63, 3.8) is 0 Å². The van der Waals surface area contributed by atoms with Crippen LogP contribution in [0.2, 0.25) is 10.0 Å². The predicted octanol–water partition coefficient (Wildman–Crippen LogP) is 7.45. The molecule has 43 heavy (non-hydrogen) atoms. The van der Waals surface area contributed by atoms with Crippen molar-refractivity contribution in [2.75, 3.05) is 30.3 Å². The molecular weight excluding hydrogens is 579 g/mol. The smallest absolute Gasteiger partial charge is 0.103 e. The number of halogens is 2. The summed E-state index contributed by atoms with van der Waals surface area (Å²) in [5.74, 6) is 0. The van der Waals surface area contributed by atoms with Gasteiger partial charge >= 0.3 is 0 Å². The largest absolute Gasteiger partial charge is 0.383 e. The van der Waals surface area contributed by atoms with E-state index in [9.17, 15) is 5.26 Å². The maximum atomic E-state index is 9.87. The van der Waals surface area contributed by atoms with Crippen LogP contribution in [0.3, 0.4) is 0 Å². The van der Waals surface area contributed by atoms with Crippen LogP contribution in [0.1, 0.15) is 71.6 Å². The van der Waals surface area contributed by atoms with Crippen LogP contribution in [0, 0.1) is 16.7 Å². The van der Waals surface area contributed by atoms with Crippen molar-refractivity contribution < 1.29 is 0 Å². The van der Waals surface area contributed by atoms with Gasteiger partial charge in [0.25, 0.3) is 0 Å². The third-order valence-corrected chi connectivity index (χ3v) is 8.62. The van der Waals surface area contributed by atoms with Crippen LogP contribution in [0.4, 0.5) is 11.4 Å². The summed E-state index contributed by atoms with van der Waals surface area (Å²) in [7, 11) is 0. The summed E-state index contributed by atoms with van der Waals surface area (Å²) in [4.78, 5) is 7.08. The molecule has 1 fully saturated rings. The second kappa shape index (κ2) is 12.4. The number of fused-ring (bicyclic) bond motifs is 1. The van der Waals surface area contributed by atoms with Gasteiger partial charge in [-0.1, -0.05) is 56.1 Å². The molecule has 2 aliphatic rings. The number of nitriles is 1. The molecule has 8 nitrogen and oxygen atoms in total. The SMILES string of the molecule is CC(C)(C)CNc1c(C#N)cnc2c(Cl)cc(NC(C3=CN(C4CCN(C(C)(C)C)CC4)NN3)c3ccc(Cl)cc3)cc12. The molecule has 1 aromatic heterocycles. The molecule has 3 aromatic rings. The summed E-state index contributed by atoms with van der Waals surface area (Å²) >= 11 is 13.1. The van der Waals surface area contributed by atoms with Gasteiger partial charge in [0.15, 0.2) is 0 Å². The lowest BCUT2D eigenvalue weighted by atomic mass is 9.96. The molecule has 0 amide bonds. The maximum absolute atomic E-state index is 9.87. The molecule has 1 saturated heterocycles. The average Bonchev–Trinajstić information content (AvgIpc) is 3.44. The highest BCUT2D eigenvalue weighted by Crippen LogP contribution is 2.37. The Kier molecular flexibility index (Phi) is 9.01. The molecule has 4 N–H and O–H groups in total. The van der Waals surface area contributed by atoms with Crippen LogP contribution in [0.15, 0.2) is 54.5 Å². The summed E-state index contributed by atoms with van der Waals surface area (Å²) in [5.41, 5.74) is 11.7. The first-order chi connectivity index (χ1) is 20.3. The number of piperidine rings is 1. The van der Waals surface area contributed by atoms with Crippen molar-refractivity contribution >= 4 is 45.5 Å². The highest BCUT2D eigenvalue weighted by Gasteiger charge is 2.32. The molecule has 1 unspecified atom stereocenters. The minimum absolute atomic E-state index is 0.0184. The van der Waals surface area contributed by atoms with Crippen LogP contribution in [-0.4, -0.2) is 46.1 Å². The van der Waals surface area contributed by atoms with Gasteiger partial charge in [0, 0.05) is 59.7 Å².